The standard InChI is InChI=1S/C21H24F3NO/c22-21(23,24)19-11-7-18(8-12-19)16-26-20-13-9-17(10-14-20)6-4-2-1-3-5-15-25/h1-3,5,7-8,11-12,17,20H,4,6,9-10,13-14,16H2/b2-1+,5-3+/t17-,20-. The van der Waals surface area contributed by atoms with Gasteiger partial charge in [-0.1, -0.05) is 30.4 Å². The number of alkyl halides is 3. The highest BCUT2D eigenvalue weighted by molar-refractivity contribution is 5.24. The lowest BCUT2D eigenvalue weighted by Crippen LogP contribution is -2.21. The molecule has 0 aliphatic heterocycles. The third-order valence-corrected chi connectivity index (χ3v) is 4.72. The smallest absolute Gasteiger partial charge is 0.374 e. The maximum atomic E-state index is 12.5. The average Bonchev–Trinajstić information content (AvgIpc) is 2.63. The summed E-state index contributed by atoms with van der Waals surface area (Å²) >= 11 is 0. The molecule has 0 N–H and O–H groups in total. The molecule has 0 spiro atoms. The zero-order chi connectivity index (χ0) is 18.8. The van der Waals surface area contributed by atoms with Gasteiger partial charge >= 0.3 is 6.18 Å². The first-order valence-corrected chi connectivity index (χ1v) is 8.98. The van der Waals surface area contributed by atoms with Crippen LogP contribution in [0, 0.1) is 17.2 Å². The fourth-order valence-electron chi connectivity index (χ4n) is 3.20. The fourth-order valence-corrected chi connectivity index (χ4v) is 3.20. The molecule has 0 saturated heterocycles. The van der Waals surface area contributed by atoms with Gasteiger partial charge in [-0.15, -0.1) is 0 Å². The molecule has 0 unspecified atom stereocenters. The number of hydrogen-bond donors (Lipinski definition) is 0. The van der Waals surface area contributed by atoms with E-state index >= 15 is 0 Å². The topological polar surface area (TPSA) is 33.0 Å². The van der Waals surface area contributed by atoms with E-state index in [9.17, 15) is 13.2 Å². The van der Waals surface area contributed by atoms with Crippen LogP contribution in [0.4, 0.5) is 13.2 Å². The Morgan fingerprint density at radius 1 is 1.08 bits per heavy atom. The normalized spacial score (nSPS) is 21.3. The van der Waals surface area contributed by atoms with Gasteiger partial charge in [-0.3, -0.25) is 0 Å². The van der Waals surface area contributed by atoms with Crippen LogP contribution in [-0.4, -0.2) is 6.10 Å². The number of ether oxygens (including phenoxy) is 1. The summed E-state index contributed by atoms with van der Waals surface area (Å²) in [7, 11) is 0. The van der Waals surface area contributed by atoms with Crippen molar-refractivity contribution in [1.29, 1.82) is 5.26 Å². The van der Waals surface area contributed by atoms with Crippen LogP contribution in [0.2, 0.25) is 0 Å². The summed E-state index contributed by atoms with van der Waals surface area (Å²) in [5, 5.41) is 8.38. The minimum Gasteiger partial charge on any atom is -0.374 e. The van der Waals surface area contributed by atoms with Crippen LogP contribution in [0.5, 0.6) is 0 Å². The summed E-state index contributed by atoms with van der Waals surface area (Å²) in [5.74, 6) is 0.700. The second-order valence-electron chi connectivity index (χ2n) is 6.64. The van der Waals surface area contributed by atoms with Gasteiger partial charge < -0.3 is 4.74 Å². The van der Waals surface area contributed by atoms with Gasteiger partial charge in [-0.05, 0) is 62.1 Å². The summed E-state index contributed by atoms with van der Waals surface area (Å²) < 4.78 is 43.5. The maximum absolute atomic E-state index is 12.5. The molecule has 0 aromatic heterocycles. The first-order chi connectivity index (χ1) is 12.5. The van der Waals surface area contributed by atoms with E-state index < -0.39 is 11.7 Å². The number of rotatable bonds is 7. The molecule has 1 aliphatic rings. The Morgan fingerprint density at radius 3 is 2.38 bits per heavy atom. The van der Waals surface area contributed by atoms with Crippen LogP contribution < -0.4 is 0 Å². The Kier molecular flexibility index (Phi) is 7.93. The van der Waals surface area contributed by atoms with Crippen molar-refractivity contribution >= 4 is 0 Å². The SMILES string of the molecule is N#C/C=C/C=C/CC[C@H]1CC[C@H](OCc2ccc(C(F)(F)F)cc2)CC1. The number of nitrogens with zero attached hydrogens (tertiary/aromatic N) is 1. The first-order valence-electron chi connectivity index (χ1n) is 8.98. The van der Waals surface area contributed by atoms with Gasteiger partial charge in [0.2, 0.25) is 0 Å². The van der Waals surface area contributed by atoms with Gasteiger partial charge in [0.05, 0.1) is 24.3 Å². The molecule has 140 valence electrons. The van der Waals surface area contributed by atoms with Crippen LogP contribution in [0.25, 0.3) is 0 Å². The Labute approximate surface area is 153 Å². The monoisotopic (exact) mass is 363 g/mol. The van der Waals surface area contributed by atoms with Crippen molar-refractivity contribution in [3.63, 3.8) is 0 Å². The summed E-state index contributed by atoms with van der Waals surface area (Å²) in [6.45, 7) is 0.363. The van der Waals surface area contributed by atoms with E-state index in [-0.39, 0.29) is 6.10 Å². The van der Waals surface area contributed by atoms with E-state index in [0.29, 0.717) is 12.5 Å². The lowest BCUT2D eigenvalue weighted by molar-refractivity contribution is -0.137. The van der Waals surface area contributed by atoms with Crippen molar-refractivity contribution in [1.82, 2.24) is 0 Å². The minimum atomic E-state index is -4.29. The molecule has 1 aromatic rings. The molecule has 0 amide bonds. The highest BCUT2D eigenvalue weighted by Gasteiger charge is 2.30. The summed E-state index contributed by atoms with van der Waals surface area (Å²) in [6.07, 6.45) is 9.50. The average molecular weight is 363 g/mol. The minimum absolute atomic E-state index is 0.197. The molecule has 0 heterocycles. The quantitative estimate of drug-likeness (QED) is 0.427. The molecule has 1 saturated carbocycles. The van der Waals surface area contributed by atoms with Gasteiger partial charge in [0, 0.05) is 6.08 Å². The van der Waals surface area contributed by atoms with Crippen LogP contribution in [0.1, 0.15) is 49.7 Å². The number of allylic oxidation sites excluding steroid dienone is 4. The van der Waals surface area contributed by atoms with Crippen LogP contribution in [0.3, 0.4) is 0 Å². The summed E-state index contributed by atoms with van der Waals surface area (Å²) in [6, 6.07) is 7.14. The van der Waals surface area contributed by atoms with Crippen molar-refractivity contribution in [2.24, 2.45) is 5.92 Å². The van der Waals surface area contributed by atoms with Gasteiger partial charge in [0.1, 0.15) is 0 Å². The van der Waals surface area contributed by atoms with Gasteiger partial charge in [-0.2, -0.15) is 18.4 Å². The fraction of sp³-hybridized carbons (Fsp3) is 0.476. The number of nitriles is 1. The Morgan fingerprint density at radius 2 is 1.77 bits per heavy atom. The molecule has 0 atom stereocenters. The van der Waals surface area contributed by atoms with Crippen LogP contribution in [0.15, 0.2) is 48.6 Å². The molecular formula is C21H24F3NO. The predicted molar refractivity (Wildman–Crippen MR) is 95.1 cm³/mol. The number of hydrogen-bond acceptors (Lipinski definition) is 2. The van der Waals surface area contributed by atoms with Crippen molar-refractivity contribution in [3.8, 4) is 6.07 Å². The molecule has 2 rings (SSSR count). The Bertz CT molecular complexity index is 633. The van der Waals surface area contributed by atoms with E-state index in [2.05, 4.69) is 6.08 Å². The van der Waals surface area contributed by atoms with E-state index in [1.165, 1.54) is 18.2 Å². The molecule has 1 aromatic carbocycles. The predicted octanol–water partition coefficient (Wildman–Crippen LogP) is 6.20. The Hall–Kier alpha value is -2.06. The second kappa shape index (κ2) is 10.2. The van der Waals surface area contributed by atoms with Crippen molar-refractivity contribution in [3.05, 3.63) is 59.7 Å². The largest absolute Gasteiger partial charge is 0.416 e. The van der Waals surface area contributed by atoms with E-state index in [4.69, 9.17) is 10.00 Å². The molecule has 0 bridgehead atoms. The molecule has 0 radical (unpaired) electrons. The van der Waals surface area contributed by atoms with E-state index in [0.717, 1.165) is 56.2 Å². The molecule has 2 nitrogen and oxygen atoms in total. The maximum Gasteiger partial charge on any atom is 0.416 e. The lowest BCUT2D eigenvalue weighted by atomic mass is 9.84. The van der Waals surface area contributed by atoms with E-state index in [1.54, 1.807) is 6.08 Å². The molecule has 5 heteroatoms. The lowest BCUT2D eigenvalue weighted by Gasteiger charge is -2.28. The highest BCUT2D eigenvalue weighted by Crippen LogP contribution is 2.31. The molecule has 1 fully saturated rings. The Balaban J connectivity index is 1.65. The van der Waals surface area contributed by atoms with Crippen LogP contribution in [-0.2, 0) is 17.5 Å². The molecular weight excluding hydrogens is 339 g/mol. The third kappa shape index (κ3) is 7.05. The van der Waals surface area contributed by atoms with E-state index in [1.807, 2.05) is 12.1 Å². The molecule has 26 heavy (non-hydrogen) atoms. The van der Waals surface area contributed by atoms with Gasteiger partial charge in [0.25, 0.3) is 0 Å². The third-order valence-electron chi connectivity index (χ3n) is 4.72. The summed E-state index contributed by atoms with van der Waals surface area (Å²) in [5.41, 5.74) is 0.148. The zero-order valence-electron chi connectivity index (χ0n) is 14.7. The van der Waals surface area contributed by atoms with Crippen molar-refractivity contribution in [2.45, 2.75) is 57.4 Å². The second-order valence-corrected chi connectivity index (χ2v) is 6.64. The highest BCUT2D eigenvalue weighted by atomic mass is 19.4. The zero-order valence-corrected chi connectivity index (χ0v) is 14.7. The number of benzene rings is 1. The van der Waals surface area contributed by atoms with Gasteiger partial charge in [-0.25, -0.2) is 0 Å². The number of halogens is 3. The first kappa shape index (κ1) is 20.3. The van der Waals surface area contributed by atoms with Crippen molar-refractivity contribution in [2.75, 3.05) is 0 Å². The van der Waals surface area contributed by atoms with Crippen molar-refractivity contribution < 1.29 is 17.9 Å². The van der Waals surface area contributed by atoms with Crippen LogP contribution >= 0.6 is 0 Å². The summed E-state index contributed by atoms with van der Waals surface area (Å²) in [4.78, 5) is 0. The van der Waals surface area contributed by atoms with Gasteiger partial charge in [0.15, 0.2) is 0 Å². The molecule has 1 aliphatic carbocycles.